The Morgan fingerprint density at radius 3 is 2.63 bits per heavy atom. The molecule has 2 aromatic carbocycles. The Kier molecular flexibility index (Phi) is 6.63. The van der Waals surface area contributed by atoms with Crippen molar-refractivity contribution < 1.29 is 4.79 Å². The van der Waals surface area contributed by atoms with E-state index < -0.39 is 0 Å². The minimum Gasteiger partial charge on any atom is -0.369 e. The van der Waals surface area contributed by atoms with E-state index in [1.54, 1.807) is 28.8 Å². The highest BCUT2D eigenvalue weighted by molar-refractivity contribution is 8.04. The maximum atomic E-state index is 13.2. The summed E-state index contributed by atoms with van der Waals surface area (Å²) in [6, 6.07) is 14.2. The van der Waals surface area contributed by atoms with E-state index in [1.807, 2.05) is 18.2 Å². The average Bonchev–Trinajstić information content (AvgIpc) is 3.23. The van der Waals surface area contributed by atoms with Gasteiger partial charge in [0.15, 0.2) is 0 Å². The Morgan fingerprint density at radius 2 is 1.90 bits per heavy atom. The molecule has 0 N–H and O–H groups in total. The summed E-state index contributed by atoms with van der Waals surface area (Å²) in [5.74, 6) is 0.846. The van der Waals surface area contributed by atoms with Crippen LogP contribution in [0.4, 0.5) is 11.4 Å². The molecule has 0 saturated carbocycles. The van der Waals surface area contributed by atoms with Gasteiger partial charge in [-0.1, -0.05) is 41.4 Å². The van der Waals surface area contributed by atoms with Crippen LogP contribution in [0.5, 0.6) is 0 Å². The lowest BCUT2D eigenvalue weighted by atomic mass is 10.1. The molecule has 4 rings (SSSR count). The fourth-order valence-electron chi connectivity index (χ4n) is 3.97. The van der Waals surface area contributed by atoms with Crippen molar-refractivity contribution in [2.45, 2.75) is 12.5 Å². The van der Waals surface area contributed by atoms with Crippen LogP contribution in [0.3, 0.4) is 0 Å². The van der Waals surface area contributed by atoms with Gasteiger partial charge in [-0.15, -0.1) is 11.8 Å². The molecule has 0 spiro atoms. The smallest absolute Gasteiger partial charge is 0.264 e. The topological polar surface area (TPSA) is 26.8 Å². The van der Waals surface area contributed by atoms with E-state index in [4.69, 9.17) is 23.2 Å². The summed E-state index contributed by atoms with van der Waals surface area (Å²) in [5.41, 5.74) is 3.06. The first kappa shape index (κ1) is 21.6. The van der Waals surface area contributed by atoms with E-state index >= 15 is 0 Å². The van der Waals surface area contributed by atoms with E-state index in [9.17, 15) is 4.79 Å². The molecule has 2 aliphatic heterocycles. The summed E-state index contributed by atoms with van der Waals surface area (Å²) in [6.45, 7) is 2.68. The number of para-hydroxylation sites is 1. The van der Waals surface area contributed by atoms with Crippen LogP contribution < -0.4 is 9.80 Å². The molecule has 2 saturated heterocycles. The van der Waals surface area contributed by atoms with E-state index in [0.29, 0.717) is 22.6 Å². The van der Waals surface area contributed by atoms with Crippen molar-refractivity contribution in [1.82, 2.24) is 4.90 Å². The van der Waals surface area contributed by atoms with Crippen molar-refractivity contribution in [3.05, 3.63) is 63.0 Å². The Bertz CT molecular complexity index is 979. The molecular weight excluding hydrogens is 437 g/mol. The first-order chi connectivity index (χ1) is 14.4. The molecule has 0 bridgehead atoms. The fraction of sp³-hybridized carbons (Fsp3) is 0.348. The van der Waals surface area contributed by atoms with Gasteiger partial charge in [-0.3, -0.25) is 4.79 Å². The van der Waals surface area contributed by atoms with Gasteiger partial charge >= 0.3 is 0 Å². The number of hydrogen-bond acceptors (Lipinski definition) is 4. The first-order valence-corrected chi connectivity index (χ1v) is 11.8. The van der Waals surface area contributed by atoms with E-state index in [0.717, 1.165) is 41.4 Å². The highest BCUT2D eigenvalue weighted by Gasteiger charge is 2.28. The molecule has 2 aromatic rings. The molecule has 2 heterocycles. The molecular formula is C23H25Cl2N3OS. The fourth-order valence-corrected chi connectivity index (χ4v) is 5.20. The van der Waals surface area contributed by atoms with Crippen molar-refractivity contribution in [3.63, 3.8) is 0 Å². The Balaban J connectivity index is 1.60. The molecule has 7 heteroatoms. The van der Waals surface area contributed by atoms with Crippen LogP contribution in [0, 0.1) is 0 Å². The number of likely N-dealkylation sites (N-methyl/N-ethyl adjacent to an activating group) is 1. The quantitative estimate of drug-likeness (QED) is 0.580. The summed E-state index contributed by atoms with van der Waals surface area (Å²) in [7, 11) is 4.27. The van der Waals surface area contributed by atoms with Crippen molar-refractivity contribution in [3.8, 4) is 0 Å². The second-order valence-corrected chi connectivity index (χ2v) is 9.77. The van der Waals surface area contributed by atoms with Crippen LogP contribution in [-0.2, 0) is 4.79 Å². The predicted molar refractivity (Wildman–Crippen MR) is 130 cm³/mol. The van der Waals surface area contributed by atoms with Crippen molar-refractivity contribution in [2.24, 2.45) is 0 Å². The van der Waals surface area contributed by atoms with Crippen LogP contribution in [0.25, 0.3) is 6.08 Å². The third kappa shape index (κ3) is 4.50. The molecule has 2 fully saturated rings. The SMILES string of the molecule is CN(C)C1CCN(c2ccccc2/C=C2/SCCN(c3ccc(Cl)c(Cl)c3)C2=O)C1. The van der Waals surface area contributed by atoms with Gasteiger partial charge in [-0.05, 0) is 56.4 Å². The average molecular weight is 462 g/mol. The third-order valence-corrected chi connectivity index (χ3v) is 7.43. The van der Waals surface area contributed by atoms with E-state index in [2.05, 4.69) is 42.1 Å². The number of rotatable bonds is 4. The van der Waals surface area contributed by atoms with Crippen LogP contribution in [-0.4, -0.2) is 56.3 Å². The molecule has 0 radical (unpaired) electrons. The van der Waals surface area contributed by atoms with Crippen LogP contribution in [0.1, 0.15) is 12.0 Å². The highest BCUT2D eigenvalue weighted by atomic mass is 35.5. The molecule has 158 valence electrons. The largest absolute Gasteiger partial charge is 0.369 e. The summed E-state index contributed by atoms with van der Waals surface area (Å²) < 4.78 is 0. The van der Waals surface area contributed by atoms with Crippen LogP contribution in [0.2, 0.25) is 10.0 Å². The Labute approximate surface area is 192 Å². The molecule has 0 aliphatic carbocycles. The number of benzene rings is 2. The van der Waals surface area contributed by atoms with E-state index in [1.165, 1.54) is 5.69 Å². The Morgan fingerprint density at radius 1 is 1.10 bits per heavy atom. The summed E-state index contributed by atoms with van der Waals surface area (Å²) in [4.78, 5) is 20.5. The minimum absolute atomic E-state index is 0.00651. The standard InChI is InChI=1S/C23H25Cl2N3OS/c1-26(2)18-9-10-27(15-18)21-6-4-3-5-16(21)13-22-23(29)28(11-12-30-22)17-7-8-19(24)20(25)14-17/h3-8,13-14,18H,9-12,15H2,1-2H3/b22-13+. The number of carbonyl (C=O) groups is 1. The molecule has 30 heavy (non-hydrogen) atoms. The first-order valence-electron chi connectivity index (χ1n) is 10.1. The Hall–Kier alpha value is -1.66. The number of hydrogen-bond donors (Lipinski definition) is 0. The molecule has 1 atom stereocenters. The zero-order valence-corrected chi connectivity index (χ0v) is 19.5. The van der Waals surface area contributed by atoms with Gasteiger partial charge in [0.25, 0.3) is 5.91 Å². The predicted octanol–water partition coefficient (Wildman–Crippen LogP) is 5.25. The number of carbonyl (C=O) groups excluding carboxylic acids is 1. The summed E-state index contributed by atoms with van der Waals surface area (Å²) in [5, 5.41) is 0.950. The van der Waals surface area contributed by atoms with Gasteiger partial charge in [0.05, 0.1) is 15.0 Å². The number of halogens is 2. The van der Waals surface area contributed by atoms with Crippen LogP contribution in [0.15, 0.2) is 47.4 Å². The normalized spacial score (nSPS) is 21.2. The van der Waals surface area contributed by atoms with Gasteiger partial charge in [0.1, 0.15) is 0 Å². The summed E-state index contributed by atoms with van der Waals surface area (Å²) in [6.07, 6.45) is 3.19. The number of anilines is 2. The van der Waals surface area contributed by atoms with Crippen molar-refractivity contribution >= 4 is 58.3 Å². The molecule has 1 unspecified atom stereocenters. The number of thioether (sulfide) groups is 1. The second-order valence-electron chi connectivity index (χ2n) is 7.82. The molecule has 0 aromatic heterocycles. The molecule has 2 aliphatic rings. The van der Waals surface area contributed by atoms with E-state index in [-0.39, 0.29) is 5.91 Å². The lowest BCUT2D eigenvalue weighted by molar-refractivity contribution is -0.114. The van der Waals surface area contributed by atoms with Gasteiger partial charge in [-0.25, -0.2) is 0 Å². The highest BCUT2D eigenvalue weighted by Crippen LogP contribution is 2.35. The maximum Gasteiger partial charge on any atom is 0.264 e. The zero-order valence-electron chi connectivity index (χ0n) is 17.1. The van der Waals surface area contributed by atoms with Gasteiger partial charge in [0.2, 0.25) is 0 Å². The minimum atomic E-state index is 0.00651. The third-order valence-electron chi connectivity index (χ3n) is 5.70. The lowest BCUT2D eigenvalue weighted by Crippen LogP contribution is -2.37. The van der Waals surface area contributed by atoms with Gasteiger partial charge in [-0.2, -0.15) is 0 Å². The van der Waals surface area contributed by atoms with Gasteiger partial charge in [0, 0.05) is 42.8 Å². The monoisotopic (exact) mass is 461 g/mol. The van der Waals surface area contributed by atoms with Crippen molar-refractivity contribution in [1.29, 1.82) is 0 Å². The lowest BCUT2D eigenvalue weighted by Gasteiger charge is -2.29. The van der Waals surface area contributed by atoms with Crippen molar-refractivity contribution in [2.75, 3.05) is 49.3 Å². The molecule has 1 amide bonds. The second kappa shape index (κ2) is 9.23. The summed E-state index contributed by atoms with van der Waals surface area (Å²) >= 11 is 13.8. The van der Waals surface area contributed by atoms with Gasteiger partial charge < -0.3 is 14.7 Å². The van der Waals surface area contributed by atoms with Crippen LogP contribution >= 0.6 is 35.0 Å². The molecule has 4 nitrogen and oxygen atoms in total. The maximum absolute atomic E-state index is 13.2. The zero-order chi connectivity index (χ0) is 21.3. The number of nitrogens with zero attached hydrogens (tertiary/aromatic N) is 3. The number of amides is 1.